The number of amides is 1. The molecule has 2 atom stereocenters. The van der Waals surface area contributed by atoms with Gasteiger partial charge in [0.25, 0.3) is 0 Å². The topological polar surface area (TPSA) is 92.9 Å². The van der Waals surface area contributed by atoms with E-state index in [-0.39, 0.29) is 37.0 Å². The van der Waals surface area contributed by atoms with E-state index in [1.165, 1.54) is 0 Å². The Hall–Kier alpha value is -2.58. The summed E-state index contributed by atoms with van der Waals surface area (Å²) in [6.07, 6.45) is 0.146. The number of benzene rings is 1. The van der Waals surface area contributed by atoms with Crippen molar-refractivity contribution in [3.63, 3.8) is 0 Å². The van der Waals surface area contributed by atoms with Crippen molar-refractivity contribution in [2.75, 3.05) is 38.7 Å². The molecule has 2 N–H and O–H groups in total. The van der Waals surface area contributed by atoms with Crippen molar-refractivity contribution in [3.8, 4) is 5.75 Å². The lowest BCUT2D eigenvalue weighted by Crippen LogP contribution is -2.48. The zero-order chi connectivity index (χ0) is 20.3. The molecule has 0 radical (unpaired) electrons. The minimum absolute atomic E-state index is 0.0731. The fraction of sp³-hybridized carbons (Fsp3) is 0.500. The minimum atomic E-state index is -0.512. The molecule has 1 saturated heterocycles. The number of hydrogen-bond acceptors (Lipinski definition) is 6. The summed E-state index contributed by atoms with van der Waals surface area (Å²) in [5.74, 6) is -0.0783. The first-order valence-electron chi connectivity index (χ1n) is 9.45. The van der Waals surface area contributed by atoms with Crippen LogP contribution in [0.5, 0.6) is 5.75 Å². The molecule has 1 aliphatic rings. The molecule has 2 heterocycles. The van der Waals surface area contributed by atoms with Crippen LogP contribution in [0.25, 0.3) is 10.9 Å². The largest absolute Gasteiger partial charge is 0.497 e. The second-order valence-electron chi connectivity index (χ2n) is 7.01. The molecule has 8 heteroatoms. The van der Waals surface area contributed by atoms with E-state index in [0.29, 0.717) is 35.4 Å². The van der Waals surface area contributed by atoms with Gasteiger partial charge in [-0.05, 0) is 39.0 Å². The smallest absolute Gasteiger partial charge is 0.356 e. The van der Waals surface area contributed by atoms with E-state index in [4.69, 9.17) is 14.2 Å². The highest BCUT2D eigenvalue weighted by Gasteiger charge is 2.26. The Balaban J connectivity index is 1.86. The average molecular weight is 389 g/mol. The first kappa shape index (κ1) is 20.2. The van der Waals surface area contributed by atoms with Crippen LogP contribution in [0.3, 0.4) is 0 Å². The fourth-order valence-electron chi connectivity index (χ4n) is 3.58. The molecule has 152 valence electrons. The summed E-state index contributed by atoms with van der Waals surface area (Å²) in [7, 11) is 1.57. The number of anilines is 1. The molecular formula is C20H27N3O5. The molecule has 0 aliphatic carbocycles. The maximum Gasteiger partial charge on any atom is 0.356 e. The lowest BCUT2D eigenvalue weighted by molar-refractivity contribution is -0.121. The maximum absolute atomic E-state index is 12.7. The molecule has 0 unspecified atom stereocenters. The van der Waals surface area contributed by atoms with E-state index in [0.717, 1.165) is 0 Å². The standard InChI is InChI=1S/C20H27N3O5/c1-5-27-20(25)19-18(15-8-14(26-4)6-7-16(15)21-19)22-17(24)11-23-9-12(2)28-13(3)10-23/h6-8,12-13,21H,5,9-11H2,1-4H3,(H,22,24)/t12-,13+. The number of H-pyrrole nitrogens is 1. The zero-order valence-electron chi connectivity index (χ0n) is 16.7. The molecule has 0 bridgehead atoms. The van der Waals surface area contributed by atoms with Gasteiger partial charge in [-0.2, -0.15) is 0 Å². The molecule has 28 heavy (non-hydrogen) atoms. The number of esters is 1. The van der Waals surface area contributed by atoms with E-state index >= 15 is 0 Å². The third kappa shape index (κ3) is 4.45. The summed E-state index contributed by atoms with van der Waals surface area (Å²) in [6, 6.07) is 5.37. The van der Waals surface area contributed by atoms with Gasteiger partial charge in [0.2, 0.25) is 5.91 Å². The van der Waals surface area contributed by atoms with Gasteiger partial charge in [-0.1, -0.05) is 0 Å². The third-order valence-electron chi connectivity index (χ3n) is 4.61. The number of nitrogens with one attached hydrogen (secondary N) is 2. The Morgan fingerprint density at radius 1 is 1.29 bits per heavy atom. The molecule has 1 fully saturated rings. The van der Waals surface area contributed by atoms with E-state index in [9.17, 15) is 9.59 Å². The highest BCUT2D eigenvalue weighted by atomic mass is 16.5. The summed E-state index contributed by atoms with van der Waals surface area (Å²) in [6.45, 7) is 7.55. The van der Waals surface area contributed by atoms with Gasteiger partial charge in [-0.25, -0.2) is 4.79 Å². The first-order chi connectivity index (χ1) is 13.4. The summed E-state index contributed by atoms with van der Waals surface area (Å²) < 4.78 is 16.1. The number of hydrogen-bond donors (Lipinski definition) is 2. The Morgan fingerprint density at radius 2 is 2.00 bits per heavy atom. The molecule has 3 rings (SSSR count). The molecule has 1 aromatic carbocycles. The van der Waals surface area contributed by atoms with Gasteiger partial charge in [0.15, 0.2) is 0 Å². The second-order valence-corrected chi connectivity index (χ2v) is 7.01. The number of nitrogens with zero attached hydrogens (tertiary/aromatic N) is 1. The number of morpholine rings is 1. The Bertz CT molecular complexity index is 853. The van der Waals surface area contributed by atoms with E-state index in [2.05, 4.69) is 10.3 Å². The number of rotatable bonds is 6. The highest BCUT2D eigenvalue weighted by molar-refractivity contribution is 6.11. The Labute approximate surface area is 164 Å². The molecule has 0 saturated carbocycles. The molecular weight excluding hydrogens is 362 g/mol. The third-order valence-corrected chi connectivity index (χ3v) is 4.61. The number of ether oxygens (including phenoxy) is 3. The monoisotopic (exact) mass is 389 g/mol. The highest BCUT2D eigenvalue weighted by Crippen LogP contribution is 2.31. The van der Waals surface area contributed by atoms with Gasteiger partial charge in [0.1, 0.15) is 11.4 Å². The van der Waals surface area contributed by atoms with Gasteiger partial charge < -0.3 is 24.5 Å². The van der Waals surface area contributed by atoms with E-state index in [1.807, 2.05) is 18.7 Å². The number of methoxy groups -OCH3 is 1. The number of carbonyl (C=O) groups excluding carboxylic acids is 2. The number of aromatic amines is 1. The predicted octanol–water partition coefficient (Wildman–Crippen LogP) is 2.40. The normalized spacial score (nSPS) is 20.1. The van der Waals surface area contributed by atoms with Crippen LogP contribution in [0.15, 0.2) is 18.2 Å². The lowest BCUT2D eigenvalue weighted by atomic mass is 10.2. The second kappa shape index (κ2) is 8.62. The van der Waals surface area contributed by atoms with Crippen molar-refractivity contribution in [1.29, 1.82) is 0 Å². The zero-order valence-corrected chi connectivity index (χ0v) is 16.7. The lowest BCUT2D eigenvalue weighted by Gasteiger charge is -2.34. The van der Waals surface area contributed by atoms with Crippen LogP contribution >= 0.6 is 0 Å². The first-order valence-corrected chi connectivity index (χ1v) is 9.45. The number of aromatic nitrogens is 1. The minimum Gasteiger partial charge on any atom is -0.497 e. The van der Waals surface area contributed by atoms with Crippen molar-refractivity contribution < 1.29 is 23.8 Å². The molecule has 8 nitrogen and oxygen atoms in total. The van der Waals surface area contributed by atoms with Crippen LogP contribution < -0.4 is 10.1 Å². The maximum atomic E-state index is 12.7. The van der Waals surface area contributed by atoms with E-state index in [1.54, 1.807) is 32.2 Å². The van der Waals surface area contributed by atoms with Crippen molar-refractivity contribution >= 4 is 28.5 Å². The summed E-state index contributed by atoms with van der Waals surface area (Å²) in [4.78, 5) is 30.2. The van der Waals surface area contributed by atoms with E-state index < -0.39 is 5.97 Å². The van der Waals surface area contributed by atoms with Crippen LogP contribution in [-0.4, -0.2) is 67.3 Å². The van der Waals surface area contributed by atoms with Crippen LogP contribution in [0, 0.1) is 0 Å². The summed E-state index contributed by atoms with van der Waals surface area (Å²) in [5, 5.41) is 3.59. The summed E-state index contributed by atoms with van der Waals surface area (Å²) >= 11 is 0. The number of carbonyl (C=O) groups is 2. The van der Waals surface area contributed by atoms with Crippen LogP contribution in [0.1, 0.15) is 31.3 Å². The van der Waals surface area contributed by atoms with Gasteiger partial charge >= 0.3 is 5.97 Å². The van der Waals surface area contributed by atoms with Crippen LogP contribution in [0.2, 0.25) is 0 Å². The Kier molecular flexibility index (Phi) is 6.21. The molecule has 2 aromatic rings. The average Bonchev–Trinajstić information content (AvgIpc) is 2.98. The predicted molar refractivity (Wildman–Crippen MR) is 106 cm³/mol. The van der Waals surface area contributed by atoms with Crippen molar-refractivity contribution in [2.24, 2.45) is 0 Å². The summed E-state index contributed by atoms with van der Waals surface area (Å²) in [5.41, 5.74) is 1.35. The van der Waals surface area contributed by atoms with Crippen LogP contribution in [-0.2, 0) is 14.3 Å². The van der Waals surface area contributed by atoms with Crippen molar-refractivity contribution in [3.05, 3.63) is 23.9 Å². The fourth-order valence-corrected chi connectivity index (χ4v) is 3.58. The van der Waals surface area contributed by atoms with Crippen molar-refractivity contribution in [1.82, 2.24) is 9.88 Å². The van der Waals surface area contributed by atoms with Gasteiger partial charge in [-0.15, -0.1) is 0 Å². The quantitative estimate of drug-likeness (QED) is 0.737. The van der Waals surface area contributed by atoms with Crippen molar-refractivity contribution in [2.45, 2.75) is 33.0 Å². The molecule has 1 aromatic heterocycles. The Morgan fingerprint density at radius 3 is 2.64 bits per heavy atom. The molecule has 1 aliphatic heterocycles. The SMILES string of the molecule is CCOC(=O)c1[nH]c2ccc(OC)cc2c1NC(=O)CN1C[C@@H](C)O[C@@H](C)C1. The van der Waals surface area contributed by atoms with Gasteiger partial charge in [0.05, 0.1) is 38.2 Å². The molecule has 1 amide bonds. The molecule has 0 spiro atoms. The number of fused-ring (bicyclic) bond motifs is 1. The van der Waals surface area contributed by atoms with Gasteiger partial charge in [-0.3, -0.25) is 9.69 Å². The van der Waals surface area contributed by atoms with Crippen LogP contribution in [0.4, 0.5) is 5.69 Å². The van der Waals surface area contributed by atoms with Gasteiger partial charge in [0, 0.05) is 24.0 Å².